The Morgan fingerprint density at radius 1 is 0.923 bits per heavy atom. The van der Waals surface area contributed by atoms with Gasteiger partial charge in [0.05, 0.1) is 40.1 Å². The number of carbonyl (C=O) groups is 2. The van der Waals surface area contributed by atoms with Crippen molar-refractivity contribution in [3.05, 3.63) is 68.5 Å². The van der Waals surface area contributed by atoms with Crippen LogP contribution in [-0.4, -0.2) is 46.3 Å². The van der Waals surface area contributed by atoms with Crippen molar-refractivity contribution in [2.24, 2.45) is 0 Å². The minimum absolute atomic E-state index is 0.0439. The highest BCUT2D eigenvalue weighted by Crippen LogP contribution is 2.49. The molecule has 8 nitrogen and oxygen atoms in total. The first-order chi connectivity index (χ1) is 18.6. The number of carbonyl (C=O) groups excluding carboxylic acids is 2. The van der Waals surface area contributed by atoms with E-state index in [0.29, 0.717) is 50.7 Å². The predicted molar refractivity (Wildman–Crippen MR) is 151 cm³/mol. The van der Waals surface area contributed by atoms with E-state index in [9.17, 15) is 9.59 Å². The van der Waals surface area contributed by atoms with Crippen LogP contribution in [0, 0.1) is 0 Å². The second kappa shape index (κ2) is 11.7. The molecule has 2 aromatic rings. The van der Waals surface area contributed by atoms with Gasteiger partial charge >= 0.3 is 5.97 Å². The van der Waals surface area contributed by atoms with E-state index in [1.165, 1.54) is 0 Å². The molecule has 1 aliphatic heterocycles. The van der Waals surface area contributed by atoms with Crippen molar-refractivity contribution in [1.29, 1.82) is 0 Å². The fourth-order valence-corrected chi connectivity index (χ4v) is 5.88. The number of ketones is 1. The van der Waals surface area contributed by atoms with Gasteiger partial charge < -0.3 is 29.0 Å². The number of Topliss-reactive ketones (excluding diaryl/α,β-unsaturated/α-hetero) is 1. The van der Waals surface area contributed by atoms with Crippen molar-refractivity contribution in [3.8, 4) is 23.0 Å². The second-order valence-electron chi connectivity index (χ2n) is 9.81. The van der Waals surface area contributed by atoms with Crippen LogP contribution in [0.1, 0.15) is 56.6 Å². The van der Waals surface area contributed by atoms with Gasteiger partial charge in [0.2, 0.25) is 0 Å². The molecule has 1 N–H and O–H groups in total. The Morgan fingerprint density at radius 3 is 2.15 bits per heavy atom. The molecular weight excluding hydrogens is 566 g/mol. The van der Waals surface area contributed by atoms with Crippen LogP contribution in [0.3, 0.4) is 0 Å². The van der Waals surface area contributed by atoms with Crippen molar-refractivity contribution in [2.45, 2.75) is 51.6 Å². The smallest absolute Gasteiger partial charge is 0.337 e. The highest BCUT2D eigenvalue weighted by molar-refractivity contribution is 9.10. The van der Waals surface area contributed by atoms with E-state index in [-0.39, 0.29) is 24.2 Å². The number of methoxy groups -OCH3 is 4. The maximum absolute atomic E-state index is 14.0. The van der Waals surface area contributed by atoms with Crippen molar-refractivity contribution in [1.82, 2.24) is 5.32 Å². The quantitative estimate of drug-likeness (QED) is 0.381. The second-order valence-corrected chi connectivity index (χ2v) is 10.7. The van der Waals surface area contributed by atoms with E-state index in [1.807, 2.05) is 31.2 Å². The zero-order valence-corrected chi connectivity index (χ0v) is 24.9. The summed E-state index contributed by atoms with van der Waals surface area (Å²) in [7, 11) is 6.30. The Balaban J connectivity index is 1.85. The van der Waals surface area contributed by atoms with Crippen LogP contribution >= 0.6 is 15.9 Å². The molecule has 9 heteroatoms. The predicted octanol–water partition coefficient (Wildman–Crippen LogP) is 5.80. The summed E-state index contributed by atoms with van der Waals surface area (Å²) in [5, 5.41) is 3.38. The molecule has 0 spiro atoms. The van der Waals surface area contributed by atoms with E-state index in [0.717, 1.165) is 16.8 Å². The highest BCUT2D eigenvalue weighted by atomic mass is 79.9. The Hall–Kier alpha value is -3.46. The molecule has 0 saturated heterocycles. The van der Waals surface area contributed by atoms with Gasteiger partial charge in [-0.2, -0.15) is 0 Å². The lowest BCUT2D eigenvalue weighted by Gasteiger charge is -2.37. The van der Waals surface area contributed by atoms with E-state index in [4.69, 9.17) is 23.7 Å². The molecule has 0 unspecified atom stereocenters. The fraction of sp³-hybridized carbons (Fsp3) is 0.400. The lowest BCUT2D eigenvalue weighted by Crippen LogP contribution is -2.36. The van der Waals surface area contributed by atoms with Gasteiger partial charge in [0.1, 0.15) is 0 Å². The van der Waals surface area contributed by atoms with Crippen LogP contribution in [0.4, 0.5) is 0 Å². The number of hydrogen-bond donors (Lipinski definition) is 1. The Bertz CT molecular complexity index is 1360. The van der Waals surface area contributed by atoms with Gasteiger partial charge in [-0.3, -0.25) is 4.79 Å². The molecule has 0 aromatic heterocycles. The molecule has 1 aliphatic carbocycles. The molecule has 0 amide bonds. The maximum Gasteiger partial charge on any atom is 0.337 e. The lowest BCUT2D eigenvalue weighted by molar-refractivity contribution is -0.143. The van der Waals surface area contributed by atoms with Gasteiger partial charge in [0.25, 0.3) is 0 Å². The summed E-state index contributed by atoms with van der Waals surface area (Å²) in [4.78, 5) is 27.4. The molecule has 0 radical (unpaired) electrons. The summed E-state index contributed by atoms with van der Waals surface area (Å²) < 4.78 is 28.2. The van der Waals surface area contributed by atoms with Crippen LogP contribution in [-0.2, 0) is 14.3 Å². The first-order valence-electron chi connectivity index (χ1n) is 12.7. The number of esters is 1. The van der Waals surface area contributed by atoms with Crippen LogP contribution in [0.2, 0.25) is 0 Å². The van der Waals surface area contributed by atoms with Gasteiger partial charge in [-0.25, -0.2) is 4.79 Å². The first-order valence-corrected chi connectivity index (χ1v) is 13.5. The van der Waals surface area contributed by atoms with Crippen LogP contribution < -0.4 is 24.3 Å². The molecule has 2 aromatic carbocycles. The van der Waals surface area contributed by atoms with Crippen molar-refractivity contribution >= 4 is 27.7 Å². The topological polar surface area (TPSA) is 92.3 Å². The molecule has 4 rings (SSSR count). The third-order valence-electron chi connectivity index (χ3n) is 7.08. The Labute approximate surface area is 237 Å². The molecule has 0 saturated carbocycles. The van der Waals surface area contributed by atoms with Crippen molar-refractivity contribution < 1.29 is 33.3 Å². The normalized spacial score (nSPS) is 18.9. The van der Waals surface area contributed by atoms with E-state index in [2.05, 4.69) is 21.2 Å². The number of ether oxygens (including phenoxy) is 5. The number of halogens is 1. The van der Waals surface area contributed by atoms with Crippen LogP contribution in [0.5, 0.6) is 23.0 Å². The molecule has 39 heavy (non-hydrogen) atoms. The van der Waals surface area contributed by atoms with Gasteiger partial charge in [-0.05, 0) is 68.5 Å². The minimum atomic E-state index is -0.652. The summed E-state index contributed by atoms with van der Waals surface area (Å²) in [5.41, 5.74) is 4.08. The maximum atomic E-state index is 14.0. The average molecular weight is 601 g/mol. The summed E-state index contributed by atoms with van der Waals surface area (Å²) in [6, 6.07) is 9.33. The molecule has 2 atom stereocenters. The highest BCUT2D eigenvalue weighted by Gasteiger charge is 2.42. The average Bonchev–Trinajstić information content (AvgIpc) is 2.91. The van der Waals surface area contributed by atoms with E-state index < -0.39 is 11.9 Å². The summed E-state index contributed by atoms with van der Waals surface area (Å²) in [6.45, 7) is 5.44. The third kappa shape index (κ3) is 5.50. The SMILES string of the molecule is COc1ccc([C@H]2CC(=O)C3=C(C2)NC(C)=C(C(=O)OC(C)C)[C@@H]3c2cc(OC)c(OC)cc2Br)cc1OC. The van der Waals surface area contributed by atoms with Gasteiger partial charge in [-0.1, -0.05) is 22.0 Å². The number of dihydropyridines is 1. The van der Waals surface area contributed by atoms with Crippen LogP contribution in [0.25, 0.3) is 0 Å². The Kier molecular flexibility index (Phi) is 8.59. The van der Waals surface area contributed by atoms with E-state index in [1.54, 1.807) is 48.4 Å². The minimum Gasteiger partial charge on any atom is -0.493 e. The first kappa shape index (κ1) is 28.5. The molecule has 0 fully saturated rings. The fourth-order valence-electron chi connectivity index (χ4n) is 5.33. The zero-order valence-electron chi connectivity index (χ0n) is 23.3. The van der Waals surface area contributed by atoms with Gasteiger partial charge in [0, 0.05) is 33.8 Å². The summed E-state index contributed by atoms with van der Waals surface area (Å²) >= 11 is 3.66. The van der Waals surface area contributed by atoms with Crippen LogP contribution in [0.15, 0.2) is 57.3 Å². The number of rotatable bonds is 8. The molecule has 0 bridgehead atoms. The van der Waals surface area contributed by atoms with Gasteiger partial charge in [0.15, 0.2) is 28.8 Å². The van der Waals surface area contributed by atoms with Crippen molar-refractivity contribution in [2.75, 3.05) is 28.4 Å². The third-order valence-corrected chi connectivity index (χ3v) is 7.77. The summed E-state index contributed by atoms with van der Waals surface area (Å²) in [5.74, 6) is 1.03. The molecule has 208 valence electrons. The molecule has 1 heterocycles. The summed E-state index contributed by atoms with van der Waals surface area (Å²) in [6.07, 6.45) is 0.546. The Morgan fingerprint density at radius 2 is 1.54 bits per heavy atom. The largest absolute Gasteiger partial charge is 0.493 e. The number of hydrogen-bond acceptors (Lipinski definition) is 8. The zero-order chi connectivity index (χ0) is 28.4. The lowest BCUT2D eigenvalue weighted by atomic mass is 9.71. The number of benzene rings is 2. The van der Waals surface area contributed by atoms with Gasteiger partial charge in [-0.15, -0.1) is 0 Å². The molecular formula is C30H34BrNO7. The van der Waals surface area contributed by atoms with E-state index >= 15 is 0 Å². The number of nitrogens with one attached hydrogen (secondary N) is 1. The van der Waals surface area contributed by atoms with Crippen molar-refractivity contribution in [3.63, 3.8) is 0 Å². The monoisotopic (exact) mass is 599 g/mol. The molecule has 2 aliphatic rings. The number of allylic oxidation sites excluding steroid dienone is 3. The standard InChI is InChI=1S/C30H34BrNO7/c1-15(2)39-30(34)27-16(3)32-21-10-18(17-8-9-23(35-4)24(12-17)36-5)11-22(33)29(21)28(27)19-13-25(37-6)26(38-7)14-20(19)31/h8-9,12-15,18,28,32H,10-11H2,1-7H3/t18-,28+/m1/s1.